The van der Waals surface area contributed by atoms with E-state index in [0.717, 1.165) is 0 Å². The molecule has 8 heteroatoms. The third-order valence-corrected chi connectivity index (χ3v) is 4.79. The molecule has 1 saturated carbocycles. The fraction of sp³-hybridized carbons (Fsp3) is 0.556. The Hall–Kier alpha value is -2.25. The second-order valence-corrected chi connectivity index (χ2v) is 7.06. The Morgan fingerprint density at radius 2 is 1.62 bits per heavy atom. The van der Waals surface area contributed by atoms with E-state index in [2.05, 4.69) is 10.1 Å². The van der Waals surface area contributed by atoms with Crippen LogP contribution in [-0.4, -0.2) is 29.4 Å². The molecule has 5 nitrogen and oxygen atoms in total. The zero-order valence-electron chi connectivity index (χ0n) is 14.6. The maximum absolute atomic E-state index is 12.6. The molecule has 0 aromatic heterocycles. The van der Waals surface area contributed by atoms with Crippen molar-refractivity contribution in [1.29, 1.82) is 0 Å². The number of carbonyl (C=O) groups excluding carboxylic acids is 1. The number of carboxylic acids is 1. The highest BCUT2D eigenvalue weighted by molar-refractivity contribution is 5.87. The molecule has 0 spiro atoms. The second-order valence-electron chi connectivity index (χ2n) is 7.06. The number of carbonyl (C=O) groups is 2. The van der Waals surface area contributed by atoms with Gasteiger partial charge in [0, 0.05) is 6.04 Å². The summed E-state index contributed by atoms with van der Waals surface area (Å²) in [6.45, 7) is 3.37. The summed E-state index contributed by atoms with van der Waals surface area (Å²) in [6.07, 6.45) is -2.54. The number of nitrogens with one attached hydrogen (secondary N) is 1. The van der Waals surface area contributed by atoms with Gasteiger partial charge in [0.25, 0.3) is 0 Å². The minimum Gasteiger partial charge on any atom is -0.481 e. The van der Waals surface area contributed by atoms with E-state index in [1.807, 2.05) is 0 Å². The lowest BCUT2D eigenvalue weighted by atomic mass is 9.82. The molecule has 0 saturated heterocycles. The van der Waals surface area contributed by atoms with Gasteiger partial charge in [-0.1, -0.05) is 12.1 Å². The molecule has 0 heterocycles. The molecule has 0 atom stereocenters. The van der Waals surface area contributed by atoms with Crippen LogP contribution in [0.5, 0.6) is 5.75 Å². The zero-order valence-corrected chi connectivity index (χ0v) is 14.6. The van der Waals surface area contributed by atoms with Gasteiger partial charge in [0.1, 0.15) is 5.75 Å². The van der Waals surface area contributed by atoms with Gasteiger partial charge in [0.2, 0.25) is 5.91 Å². The average Bonchev–Trinajstić information content (AvgIpc) is 2.54. The first-order valence-corrected chi connectivity index (χ1v) is 8.39. The number of benzene rings is 1. The largest absolute Gasteiger partial charge is 0.573 e. The van der Waals surface area contributed by atoms with Gasteiger partial charge >= 0.3 is 12.3 Å². The molecule has 0 unspecified atom stereocenters. The SMILES string of the molecule is CC(C)(C(=O)NC1CCC(C(=O)O)CC1)c1ccc(OC(F)(F)F)cc1. The molecule has 26 heavy (non-hydrogen) atoms. The van der Waals surface area contributed by atoms with Crippen LogP contribution in [0.15, 0.2) is 24.3 Å². The predicted octanol–water partition coefficient (Wildman–Crippen LogP) is 3.62. The van der Waals surface area contributed by atoms with Crippen LogP contribution in [0.3, 0.4) is 0 Å². The fourth-order valence-corrected chi connectivity index (χ4v) is 3.05. The smallest absolute Gasteiger partial charge is 0.481 e. The van der Waals surface area contributed by atoms with E-state index in [9.17, 15) is 22.8 Å². The zero-order chi connectivity index (χ0) is 19.5. The van der Waals surface area contributed by atoms with E-state index >= 15 is 0 Å². The monoisotopic (exact) mass is 373 g/mol. The van der Waals surface area contributed by atoms with Crippen LogP contribution in [0.4, 0.5) is 13.2 Å². The van der Waals surface area contributed by atoms with Gasteiger partial charge in [-0.25, -0.2) is 0 Å². The van der Waals surface area contributed by atoms with E-state index < -0.39 is 17.7 Å². The van der Waals surface area contributed by atoms with Crippen molar-refractivity contribution in [1.82, 2.24) is 5.32 Å². The molecule has 2 N–H and O–H groups in total. The molecule has 0 aliphatic heterocycles. The third-order valence-electron chi connectivity index (χ3n) is 4.79. The van der Waals surface area contributed by atoms with Gasteiger partial charge in [0.05, 0.1) is 11.3 Å². The van der Waals surface area contributed by atoms with Crippen molar-refractivity contribution < 1.29 is 32.6 Å². The molecular formula is C18H22F3NO4. The Balaban J connectivity index is 1.98. The van der Waals surface area contributed by atoms with Crippen LogP contribution in [0.1, 0.15) is 45.1 Å². The van der Waals surface area contributed by atoms with Gasteiger partial charge in [-0.05, 0) is 57.2 Å². The standard InChI is InChI=1S/C18H22F3NO4/c1-17(2,12-5-9-14(10-6-12)26-18(19,20)21)16(25)22-13-7-3-11(4-8-13)15(23)24/h5-6,9-11,13H,3-4,7-8H2,1-2H3,(H,22,25)(H,23,24). The first-order chi connectivity index (χ1) is 12.0. The molecule has 144 valence electrons. The lowest BCUT2D eigenvalue weighted by Gasteiger charge is -2.31. The number of amides is 1. The summed E-state index contributed by atoms with van der Waals surface area (Å²) in [5, 5.41) is 11.9. The van der Waals surface area contributed by atoms with E-state index in [1.165, 1.54) is 24.3 Å². The summed E-state index contributed by atoms with van der Waals surface area (Å²) in [7, 11) is 0. The molecule has 1 aliphatic rings. The molecule has 0 bridgehead atoms. The maximum atomic E-state index is 12.6. The lowest BCUT2D eigenvalue weighted by Crippen LogP contribution is -2.46. The molecule has 1 aliphatic carbocycles. The highest BCUT2D eigenvalue weighted by Gasteiger charge is 2.34. The molecule has 1 amide bonds. The van der Waals surface area contributed by atoms with E-state index in [4.69, 9.17) is 5.11 Å². The van der Waals surface area contributed by atoms with Gasteiger partial charge < -0.3 is 15.2 Å². The number of ether oxygens (including phenoxy) is 1. The van der Waals surface area contributed by atoms with Crippen molar-refractivity contribution in [3.05, 3.63) is 29.8 Å². The maximum Gasteiger partial charge on any atom is 0.573 e. The topological polar surface area (TPSA) is 75.6 Å². The Kier molecular flexibility index (Phi) is 5.83. The summed E-state index contributed by atoms with van der Waals surface area (Å²) in [5.74, 6) is -1.76. The molecule has 0 radical (unpaired) electrons. The van der Waals surface area contributed by atoms with Crippen molar-refractivity contribution in [3.8, 4) is 5.75 Å². The summed E-state index contributed by atoms with van der Waals surface area (Å²) in [5.41, 5.74) is -0.385. The van der Waals surface area contributed by atoms with Gasteiger partial charge in [0.15, 0.2) is 0 Å². The van der Waals surface area contributed by atoms with E-state index in [0.29, 0.717) is 31.2 Å². The van der Waals surface area contributed by atoms with Crippen molar-refractivity contribution >= 4 is 11.9 Å². The molecule has 1 fully saturated rings. The predicted molar refractivity (Wildman–Crippen MR) is 87.7 cm³/mol. The molecular weight excluding hydrogens is 351 g/mol. The van der Waals surface area contributed by atoms with Crippen molar-refractivity contribution in [2.24, 2.45) is 5.92 Å². The van der Waals surface area contributed by atoms with E-state index in [1.54, 1.807) is 13.8 Å². The van der Waals surface area contributed by atoms with Crippen LogP contribution in [0.2, 0.25) is 0 Å². The second kappa shape index (κ2) is 7.55. The summed E-state index contributed by atoms with van der Waals surface area (Å²) >= 11 is 0. The number of aliphatic carboxylic acids is 1. The van der Waals surface area contributed by atoms with Crippen LogP contribution in [-0.2, 0) is 15.0 Å². The third kappa shape index (κ3) is 5.12. The average molecular weight is 373 g/mol. The number of hydrogen-bond donors (Lipinski definition) is 2. The van der Waals surface area contributed by atoms with Crippen molar-refractivity contribution in [3.63, 3.8) is 0 Å². The van der Waals surface area contributed by atoms with Crippen LogP contribution in [0.25, 0.3) is 0 Å². The first-order valence-electron chi connectivity index (χ1n) is 8.39. The lowest BCUT2D eigenvalue weighted by molar-refractivity contribution is -0.274. The number of carboxylic acid groups (broad SMARTS) is 1. The van der Waals surface area contributed by atoms with Crippen molar-refractivity contribution in [2.75, 3.05) is 0 Å². The Labute approximate surface area is 149 Å². The molecule has 1 aromatic carbocycles. The number of alkyl halides is 3. The van der Waals surface area contributed by atoms with Gasteiger partial charge in [-0.3, -0.25) is 9.59 Å². The summed E-state index contributed by atoms with van der Waals surface area (Å²) in [6, 6.07) is 5.13. The minimum absolute atomic E-state index is 0.0924. The van der Waals surface area contributed by atoms with Gasteiger partial charge in [-0.15, -0.1) is 13.2 Å². The van der Waals surface area contributed by atoms with Crippen LogP contribution in [0, 0.1) is 5.92 Å². The van der Waals surface area contributed by atoms with Gasteiger partial charge in [-0.2, -0.15) is 0 Å². The molecule has 2 rings (SSSR count). The highest BCUT2D eigenvalue weighted by Crippen LogP contribution is 2.30. The van der Waals surface area contributed by atoms with E-state index in [-0.39, 0.29) is 23.6 Å². The minimum atomic E-state index is -4.76. The van der Waals surface area contributed by atoms with Crippen molar-refractivity contribution in [2.45, 2.75) is 57.3 Å². The fourth-order valence-electron chi connectivity index (χ4n) is 3.05. The first kappa shape index (κ1) is 20.1. The summed E-state index contributed by atoms with van der Waals surface area (Å²) in [4.78, 5) is 23.6. The Morgan fingerprint density at radius 1 is 1.08 bits per heavy atom. The summed E-state index contributed by atoms with van der Waals surface area (Å²) < 4.78 is 40.5. The Bertz CT molecular complexity index is 647. The van der Waals surface area contributed by atoms with Crippen LogP contribution < -0.4 is 10.1 Å². The Morgan fingerprint density at radius 3 is 2.08 bits per heavy atom. The number of halogens is 3. The normalized spacial score (nSPS) is 21.1. The molecule has 1 aromatic rings. The quantitative estimate of drug-likeness (QED) is 0.827. The highest BCUT2D eigenvalue weighted by atomic mass is 19.4. The number of hydrogen-bond acceptors (Lipinski definition) is 3. The number of rotatable bonds is 5. The van der Waals surface area contributed by atoms with Crippen LogP contribution >= 0.6 is 0 Å².